The predicted molar refractivity (Wildman–Crippen MR) is 76.5 cm³/mol. The Morgan fingerprint density at radius 3 is 2.67 bits per heavy atom. The molecule has 1 rings (SSSR count). The Morgan fingerprint density at radius 2 is 2.14 bits per heavy atom. The fraction of sp³-hybridized carbons (Fsp3) is 0.333. The van der Waals surface area contributed by atoms with Gasteiger partial charge in [-0.15, -0.1) is 0 Å². The Labute approximate surface area is 125 Å². The number of hydrogen-bond acceptors (Lipinski definition) is 5. The number of aliphatic carboxylic acids is 1. The molecular weight excluding hydrogens is 302 g/mol. The number of halogens is 1. The lowest BCUT2D eigenvalue weighted by atomic mass is 10.2. The number of anilines is 1. The molecule has 0 saturated carbocycles. The van der Waals surface area contributed by atoms with E-state index in [-0.39, 0.29) is 22.9 Å². The zero-order valence-corrected chi connectivity index (χ0v) is 12.1. The molecule has 1 unspecified atom stereocenters. The van der Waals surface area contributed by atoms with Crippen molar-refractivity contribution in [3.8, 4) is 0 Å². The van der Waals surface area contributed by atoms with Gasteiger partial charge in [-0.2, -0.15) is 0 Å². The molecule has 0 aliphatic carbocycles. The van der Waals surface area contributed by atoms with Gasteiger partial charge in [0, 0.05) is 11.1 Å². The fourth-order valence-electron chi connectivity index (χ4n) is 1.50. The summed E-state index contributed by atoms with van der Waals surface area (Å²) in [6, 6.07) is 3.00. The number of nitro groups is 1. The maximum atomic E-state index is 11.8. The van der Waals surface area contributed by atoms with E-state index in [0.29, 0.717) is 0 Å². The van der Waals surface area contributed by atoms with Crippen molar-refractivity contribution in [1.82, 2.24) is 4.90 Å². The lowest BCUT2D eigenvalue weighted by Gasteiger charge is -2.20. The Hall–Kier alpha value is -2.19. The summed E-state index contributed by atoms with van der Waals surface area (Å²) in [7, 11) is 1.47. The van der Waals surface area contributed by atoms with Crippen LogP contribution in [0.15, 0.2) is 18.2 Å². The number of carbonyl (C=O) groups is 2. The van der Waals surface area contributed by atoms with Crippen molar-refractivity contribution >= 4 is 34.9 Å². The number of benzene rings is 1. The second-order valence-corrected chi connectivity index (χ2v) is 4.83. The largest absolute Gasteiger partial charge is 0.480 e. The summed E-state index contributed by atoms with van der Waals surface area (Å²) in [6.45, 7) is 1.22. The highest BCUT2D eigenvalue weighted by Gasteiger charge is 2.21. The van der Waals surface area contributed by atoms with Crippen LogP contribution in [0.4, 0.5) is 11.4 Å². The minimum Gasteiger partial charge on any atom is -0.480 e. The van der Waals surface area contributed by atoms with E-state index in [9.17, 15) is 19.7 Å². The lowest BCUT2D eigenvalue weighted by molar-refractivity contribution is -0.383. The van der Waals surface area contributed by atoms with Crippen LogP contribution in [0.2, 0.25) is 5.02 Å². The van der Waals surface area contributed by atoms with E-state index in [1.807, 2.05) is 0 Å². The van der Waals surface area contributed by atoms with Crippen molar-refractivity contribution < 1.29 is 19.6 Å². The van der Waals surface area contributed by atoms with E-state index < -0.39 is 22.8 Å². The number of carboxylic acid groups (broad SMARTS) is 1. The highest BCUT2D eigenvalue weighted by molar-refractivity contribution is 6.31. The van der Waals surface area contributed by atoms with Crippen LogP contribution in [0.25, 0.3) is 0 Å². The van der Waals surface area contributed by atoms with Crippen molar-refractivity contribution in [2.45, 2.75) is 13.0 Å². The van der Waals surface area contributed by atoms with Gasteiger partial charge in [0.25, 0.3) is 5.69 Å². The van der Waals surface area contributed by atoms with Crippen LogP contribution >= 0.6 is 11.6 Å². The highest BCUT2D eigenvalue weighted by Crippen LogP contribution is 2.27. The van der Waals surface area contributed by atoms with E-state index in [0.717, 1.165) is 6.07 Å². The van der Waals surface area contributed by atoms with Gasteiger partial charge >= 0.3 is 5.97 Å². The molecule has 1 atom stereocenters. The van der Waals surface area contributed by atoms with Crippen molar-refractivity contribution in [3.05, 3.63) is 33.3 Å². The molecule has 1 aromatic carbocycles. The van der Waals surface area contributed by atoms with Crippen LogP contribution in [0.5, 0.6) is 0 Å². The molecule has 1 aromatic rings. The number of hydrogen-bond donors (Lipinski definition) is 2. The van der Waals surface area contributed by atoms with Crippen LogP contribution in [0.1, 0.15) is 6.92 Å². The molecule has 0 heterocycles. The van der Waals surface area contributed by atoms with Crippen LogP contribution in [-0.2, 0) is 9.59 Å². The molecule has 0 aliphatic rings. The molecule has 9 heteroatoms. The Balaban J connectivity index is 2.80. The van der Waals surface area contributed by atoms with E-state index in [1.54, 1.807) is 0 Å². The van der Waals surface area contributed by atoms with E-state index >= 15 is 0 Å². The Morgan fingerprint density at radius 1 is 1.52 bits per heavy atom. The van der Waals surface area contributed by atoms with Gasteiger partial charge in [0.15, 0.2) is 0 Å². The number of nitrogens with zero attached hydrogens (tertiary/aromatic N) is 2. The summed E-state index contributed by atoms with van der Waals surface area (Å²) in [6.07, 6.45) is 0. The molecular formula is C12H14ClN3O5. The quantitative estimate of drug-likeness (QED) is 0.609. The lowest BCUT2D eigenvalue weighted by Crippen LogP contribution is -2.40. The maximum absolute atomic E-state index is 11.8. The summed E-state index contributed by atoms with van der Waals surface area (Å²) < 4.78 is 0. The molecule has 0 bridgehead atoms. The van der Waals surface area contributed by atoms with Crippen LogP contribution in [0.3, 0.4) is 0 Å². The smallest absolute Gasteiger partial charge is 0.320 e. The molecule has 0 saturated heterocycles. The number of nitro benzene ring substituents is 1. The van der Waals surface area contributed by atoms with Gasteiger partial charge < -0.3 is 10.4 Å². The van der Waals surface area contributed by atoms with Gasteiger partial charge in [0.1, 0.15) is 11.7 Å². The minimum atomic E-state index is -1.07. The first-order chi connectivity index (χ1) is 9.72. The first kappa shape index (κ1) is 16.9. The number of nitrogens with one attached hydrogen (secondary N) is 1. The molecule has 21 heavy (non-hydrogen) atoms. The first-order valence-electron chi connectivity index (χ1n) is 5.89. The van der Waals surface area contributed by atoms with Gasteiger partial charge in [0.05, 0.1) is 11.5 Å². The van der Waals surface area contributed by atoms with Crippen molar-refractivity contribution in [2.75, 3.05) is 18.9 Å². The van der Waals surface area contributed by atoms with Crippen molar-refractivity contribution in [1.29, 1.82) is 0 Å². The van der Waals surface area contributed by atoms with Crippen LogP contribution in [0, 0.1) is 10.1 Å². The van der Waals surface area contributed by atoms with Crippen LogP contribution < -0.4 is 5.32 Å². The molecule has 0 fully saturated rings. The zero-order valence-electron chi connectivity index (χ0n) is 11.4. The predicted octanol–water partition coefficient (Wildman–Crippen LogP) is 1.59. The third-order valence-corrected chi connectivity index (χ3v) is 3.08. The number of rotatable bonds is 6. The SMILES string of the molecule is CC(C(=O)O)N(C)CC(=O)Nc1ccc(Cl)cc1[N+](=O)[O-]. The van der Waals surface area contributed by atoms with E-state index in [2.05, 4.69) is 5.32 Å². The number of carbonyl (C=O) groups excluding carboxylic acids is 1. The van der Waals surface area contributed by atoms with E-state index in [4.69, 9.17) is 16.7 Å². The second kappa shape index (κ2) is 7.00. The average molecular weight is 316 g/mol. The molecule has 2 N–H and O–H groups in total. The molecule has 0 aromatic heterocycles. The molecule has 0 radical (unpaired) electrons. The summed E-state index contributed by atoms with van der Waals surface area (Å²) in [5.74, 6) is -1.63. The van der Waals surface area contributed by atoms with Crippen LogP contribution in [-0.4, -0.2) is 46.4 Å². The monoisotopic (exact) mass is 315 g/mol. The topological polar surface area (TPSA) is 113 Å². The number of amides is 1. The number of likely N-dealkylation sites (N-methyl/N-ethyl adjacent to an activating group) is 1. The van der Waals surface area contributed by atoms with Gasteiger partial charge in [-0.3, -0.25) is 24.6 Å². The molecule has 1 amide bonds. The summed E-state index contributed by atoms with van der Waals surface area (Å²) >= 11 is 5.67. The van der Waals surface area contributed by atoms with Crippen molar-refractivity contribution in [2.24, 2.45) is 0 Å². The van der Waals surface area contributed by atoms with E-state index in [1.165, 1.54) is 31.0 Å². The highest BCUT2D eigenvalue weighted by atomic mass is 35.5. The summed E-state index contributed by atoms with van der Waals surface area (Å²) in [5, 5.41) is 22.3. The zero-order chi connectivity index (χ0) is 16.2. The standard InChI is InChI=1S/C12H14ClN3O5/c1-7(12(18)19)15(2)6-11(17)14-9-4-3-8(13)5-10(9)16(20)21/h3-5,7H,6H2,1-2H3,(H,14,17)(H,18,19). The normalized spacial score (nSPS) is 12.0. The number of carboxylic acids is 1. The van der Waals surface area contributed by atoms with Gasteiger partial charge in [-0.1, -0.05) is 11.6 Å². The molecule has 0 aliphatic heterocycles. The second-order valence-electron chi connectivity index (χ2n) is 4.40. The maximum Gasteiger partial charge on any atom is 0.320 e. The minimum absolute atomic E-state index is 0.00535. The van der Waals surface area contributed by atoms with Crippen molar-refractivity contribution in [3.63, 3.8) is 0 Å². The average Bonchev–Trinajstić information content (AvgIpc) is 2.39. The molecule has 114 valence electrons. The molecule has 0 spiro atoms. The van der Waals surface area contributed by atoms with Gasteiger partial charge in [0.2, 0.25) is 5.91 Å². The third kappa shape index (κ3) is 4.69. The summed E-state index contributed by atoms with van der Waals surface area (Å²) in [5.41, 5.74) is -0.324. The van der Waals surface area contributed by atoms with Gasteiger partial charge in [-0.05, 0) is 26.1 Å². The Bertz CT molecular complexity index is 578. The third-order valence-electron chi connectivity index (χ3n) is 2.84. The fourth-order valence-corrected chi connectivity index (χ4v) is 1.67. The van der Waals surface area contributed by atoms with Gasteiger partial charge in [-0.25, -0.2) is 0 Å². The Kier molecular flexibility index (Phi) is 5.62. The summed E-state index contributed by atoms with van der Waals surface area (Å²) in [4.78, 5) is 34.1. The first-order valence-corrected chi connectivity index (χ1v) is 6.27. The molecule has 8 nitrogen and oxygen atoms in total.